The molecule has 8 heteroatoms. The molecule has 5 nitrogen and oxygen atoms in total. The van der Waals surface area contributed by atoms with E-state index in [2.05, 4.69) is 16.0 Å². The molecule has 1 amide bonds. The molecule has 0 aromatic heterocycles. The number of hydrogen-bond acceptors (Lipinski definition) is 3. The van der Waals surface area contributed by atoms with Gasteiger partial charge in [-0.3, -0.25) is 4.79 Å². The topological polar surface area (TPSA) is 62.4 Å². The van der Waals surface area contributed by atoms with Crippen LogP contribution in [0.4, 0.5) is 15.8 Å². The van der Waals surface area contributed by atoms with Crippen LogP contribution >= 0.6 is 23.8 Å². The van der Waals surface area contributed by atoms with Gasteiger partial charge in [-0.1, -0.05) is 29.8 Å². The van der Waals surface area contributed by atoms with E-state index in [1.54, 1.807) is 37.4 Å². The summed E-state index contributed by atoms with van der Waals surface area (Å²) >= 11 is 11.5. The van der Waals surface area contributed by atoms with Crippen LogP contribution in [-0.2, 0) is 6.42 Å². The largest absolute Gasteiger partial charge is 0.495 e. The van der Waals surface area contributed by atoms with Gasteiger partial charge in [0.2, 0.25) is 0 Å². The lowest BCUT2D eigenvalue weighted by atomic mass is 10.1. The fourth-order valence-corrected chi connectivity index (χ4v) is 3.34. The highest BCUT2D eigenvalue weighted by molar-refractivity contribution is 7.80. The molecule has 0 bridgehead atoms. The van der Waals surface area contributed by atoms with E-state index in [4.69, 9.17) is 28.6 Å². The first kappa shape index (κ1) is 22.5. The molecule has 0 fully saturated rings. The van der Waals surface area contributed by atoms with E-state index in [1.807, 2.05) is 18.2 Å². The van der Waals surface area contributed by atoms with Gasteiger partial charge in [0.15, 0.2) is 5.11 Å². The molecule has 0 unspecified atom stereocenters. The van der Waals surface area contributed by atoms with Crippen molar-refractivity contribution in [3.05, 3.63) is 88.7 Å². The molecule has 0 aliphatic heterocycles. The zero-order valence-electron chi connectivity index (χ0n) is 16.7. The third-order valence-corrected chi connectivity index (χ3v) is 4.98. The van der Waals surface area contributed by atoms with Crippen molar-refractivity contribution in [3.8, 4) is 5.75 Å². The lowest BCUT2D eigenvalue weighted by Crippen LogP contribution is -2.30. The molecule has 0 aliphatic carbocycles. The Morgan fingerprint density at radius 3 is 2.35 bits per heavy atom. The summed E-state index contributed by atoms with van der Waals surface area (Å²) in [4.78, 5) is 12.2. The number of halogens is 2. The van der Waals surface area contributed by atoms with E-state index in [-0.39, 0.29) is 5.56 Å². The molecule has 160 valence electrons. The first-order valence-corrected chi connectivity index (χ1v) is 10.3. The molecule has 0 saturated carbocycles. The zero-order chi connectivity index (χ0) is 22.2. The number of thiocarbonyl (C=S) groups is 1. The normalized spacial score (nSPS) is 10.3. The minimum atomic E-state index is -0.563. The van der Waals surface area contributed by atoms with Crippen molar-refractivity contribution in [2.75, 3.05) is 24.3 Å². The first-order valence-electron chi connectivity index (χ1n) is 9.49. The maximum atomic E-state index is 13.7. The molecule has 3 aromatic rings. The molecule has 3 rings (SSSR count). The van der Waals surface area contributed by atoms with E-state index in [0.717, 1.165) is 17.7 Å². The number of benzene rings is 3. The van der Waals surface area contributed by atoms with Crippen molar-refractivity contribution < 1.29 is 13.9 Å². The maximum Gasteiger partial charge on any atom is 0.258 e. The van der Waals surface area contributed by atoms with Crippen molar-refractivity contribution in [2.45, 2.75) is 6.42 Å². The van der Waals surface area contributed by atoms with Crippen molar-refractivity contribution in [1.29, 1.82) is 0 Å². The highest BCUT2D eigenvalue weighted by atomic mass is 35.5. The Balaban J connectivity index is 1.47. The van der Waals surface area contributed by atoms with E-state index in [1.165, 1.54) is 18.2 Å². The van der Waals surface area contributed by atoms with Gasteiger partial charge in [0.25, 0.3) is 5.91 Å². The van der Waals surface area contributed by atoms with Crippen LogP contribution < -0.4 is 20.7 Å². The van der Waals surface area contributed by atoms with Gasteiger partial charge in [0, 0.05) is 17.9 Å². The Bertz CT molecular complexity index is 1080. The van der Waals surface area contributed by atoms with E-state index >= 15 is 0 Å². The molecular formula is C23H21ClFN3O2S. The third kappa shape index (κ3) is 6.41. The number of methoxy groups -OCH3 is 1. The van der Waals surface area contributed by atoms with Gasteiger partial charge < -0.3 is 20.7 Å². The van der Waals surface area contributed by atoms with E-state index in [0.29, 0.717) is 28.1 Å². The van der Waals surface area contributed by atoms with Gasteiger partial charge in [-0.2, -0.15) is 0 Å². The van der Waals surface area contributed by atoms with Crippen LogP contribution in [0.5, 0.6) is 5.75 Å². The molecular weight excluding hydrogens is 437 g/mol. The van der Waals surface area contributed by atoms with E-state index < -0.39 is 11.7 Å². The van der Waals surface area contributed by atoms with Crippen molar-refractivity contribution in [3.63, 3.8) is 0 Å². The Labute approximate surface area is 190 Å². The second-order valence-corrected chi connectivity index (χ2v) is 7.43. The molecule has 0 saturated heterocycles. The van der Waals surface area contributed by atoms with Crippen molar-refractivity contribution >= 4 is 46.2 Å². The summed E-state index contributed by atoms with van der Waals surface area (Å²) < 4.78 is 18.9. The monoisotopic (exact) mass is 457 g/mol. The number of carbonyl (C=O) groups is 1. The highest BCUT2D eigenvalue weighted by Crippen LogP contribution is 2.25. The summed E-state index contributed by atoms with van der Waals surface area (Å²) in [7, 11) is 1.58. The van der Waals surface area contributed by atoms with Gasteiger partial charge in [-0.05, 0) is 72.7 Å². The summed E-state index contributed by atoms with van der Waals surface area (Å²) in [6, 6.07) is 18.5. The first-order chi connectivity index (χ1) is 15.0. The summed E-state index contributed by atoms with van der Waals surface area (Å²) in [6.45, 7) is 0.630. The minimum Gasteiger partial charge on any atom is -0.495 e. The lowest BCUT2D eigenvalue weighted by molar-refractivity contribution is 0.102. The average molecular weight is 458 g/mol. The molecule has 0 atom stereocenters. The van der Waals surface area contributed by atoms with Gasteiger partial charge in [0.05, 0.1) is 17.7 Å². The van der Waals surface area contributed by atoms with Crippen LogP contribution in [0, 0.1) is 5.82 Å². The predicted molar refractivity (Wildman–Crippen MR) is 127 cm³/mol. The fourth-order valence-electron chi connectivity index (χ4n) is 2.84. The smallest absolute Gasteiger partial charge is 0.258 e. The Morgan fingerprint density at radius 2 is 1.71 bits per heavy atom. The fraction of sp³-hybridized carbons (Fsp3) is 0.130. The minimum absolute atomic E-state index is 0.00627. The number of rotatable bonds is 7. The summed E-state index contributed by atoms with van der Waals surface area (Å²) in [5, 5.41) is 9.93. The van der Waals surface area contributed by atoms with Crippen LogP contribution in [0.3, 0.4) is 0 Å². The molecule has 0 radical (unpaired) electrons. The second kappa shape index (κ2) is 10.7. The average Bonchev–Trinajstić information content (AvgIpc) is 2.75. The molecule has 3 aromatic carbocycles. The molecule has 3 N–H and O–H groups in total. The summed E-state index contributed by atoms with van der Waals surface area (Å²) in [5.41, 5.74) is 2.37. The number of carbonyl (C=O) groups excluding carboxylic acids is 1. The van der Waals surface area contributed by atoms with Crippen molar-refractivity contribution in [2.24, 2.45) is 0 Å². The number of anilines is 2. The lowest BCUT2D eigenvalue weighted by Gasteiger charge is -2.12. The number of ether oxygens (including phenoxy) is 1. The van der Waals surface area contributed by atoms with Crippen LogP contribution in [0.15, 0.2) is 66.7 Å². The van der Waals surface area contributed by atoms with Crippen LogP contribution in [0.25, 0.3) is 0 Å². The number of hydrogen-bond donors (Lipinski definition) is 3. The number of nitrogens with one attached hydrogen (secondary N) is 3. The number of amides is 1. The Hall–Kier alpha value is -3.16. The van der Waals surface area contributed by atoms with E-state index in [9.17, 15) is 9.18 Å². The van der Waals surface area contributed by atoms with Crippen LogP contribution in [0.1, 0.15) is 15.9 Å². The SMILES string of the molecule is COc1ccc(CCNC(=S)Nc2ccc(NC(=O)c3ccccc3F)cc2)cc1Cl. The second-order valence-electron chi connectivity index (χ2n) is 6.61. The molecule has 0 heterocycles. The molecule has 31 heavy (non-hydrogen) atoms. The van der Waals surface area contributed by atoms with Gasteiger partial charge in [-0.25, -0.2) is 4.39 Å². The standard InChI is InChI=1S/C23H21ClFN3O2S/c1-30-21-11-6-15(14-19(21)24)12-13-26-23(31)28-17-9-7-16(8-10-17)27-22(29)18-4-2-3-5-20(18)25/h2-11,14H,12-13H2,1H3,(H,27,29)(H2,26,28,31). The summed E-state index contributed by atoms with van der Waals surface area (Å²) in [5.74, 6) is -0.426. The predicted octanol–water partition coefficient (Wildman–Crippen LogP) is 5.27. The van der Waals surface area contributed by atoms with Gasteiger partial charge in [-0.15, -0.1) is 0 Å². The van der Waals surface area contributed by atoms with Gasteiger partial charge in [0.1, 0.15) is 11.6 Å². The molecule has 0 spiro atoms. The zero-order valence-corrected chi connectivity index (χ0v) is 18.3. The maximum absolute atomic E-state index is 13.7. The summed E-state index contributed by atoms with van der Waals surface area (Å²) in [6.07, 6.45) is 0.743. The van der Waals surface area contributed by atoms with Crippen molar-refractivity contribution in [1.82, 2.24) is 5.32 Å². The Morgan fingerprint density at radius 1 is 1.03 bits per heavy atom. The molecule has 0 aliphatic rings. The van der Waals surface area contributed by atoms with Crippen LogP contribution in [-0.4, -0.2) is 24.7 Å². The third-order valence-electron chi connectivity index (χ3n) is 4.43. The Kier molecular flexibility index (Phi) is 7.81. The van der Waals surface area contributed by atoms with Gasteiger partial charge >= 0.3 is 0 Å². The highest BCUT2D eigenvalue weighted by Gasteiger charge is 2.11. The van der Waals surface area contributed by atoms with Crippen LogP contribution in [0.2, 0.25) is 5.02 Å². The quantitative estimate of drug-likeness (QED) is 0.422.